The topological polar surface area (TPSA) is 113 Å². The summed E-state index contributed by atoms with van der Waals surface area (Å²) in [5.74, 6) is -1.28. The Morgan fingerprint density at radius 3 is 2.28 bits per heavy atom. The molecule has 0 bridgehead atoms. The highest BCUT2D eigenvalue weighted by Crippen LogP contribution is 2.32. The number of aliphatic carboxylic acids is 1. The molecule has 0 atom stereocenters. The zero-order valence-electron chi connectivity index (χ0n) is 13.8. The summed E-state index contributed by atoms with van der Waals surface area (Å²) in [4.78, 5) is 23.5. The van der Waals surface area contributed by atoms with Crippen molar-refractivity contribution >= 4 is 21.9 Å². The van der Waals surface area contributed by atoms with E-state index in [0.717, 1.165) is 24.8 Å². The smallest absolute Gasteiger partial charge is 0.329 e. The van der Waals surface area contributed by atoms with Crippen LogP contribution in [0, 0.1) is 0 Å². The maximum absolute atomic E-state index is 12.1. The summed E-state index contributed by atoms with van der Waals surface area (Å²) in [6, 6.07) is 6.49. The van der Waals surface area contributed by atoms with Gasteiger partial charge >= 0.3 is 5.97 Å². The number of hydrogen-bond donors (Lipinski definition) is 3. The van der Waals surface area contributed by atoms with Crippen LogP contribution in [-0.2, 0) is 26.0 Å². The number of carbonyl (C=O) groups excluding carboxylic acids is 1. The van der Waals surface area contributed by atoms with Crippen LogP contribution in [0.15, 0.2) is 29.2 Å². The lowest BCUT2D eigenvalue weighted by Gasteiger charge is -2.38. The fourth-order valence-corrected chi connectivity index (χ4v) is 4.14. The van der Waals surface area contributed by atoms with E-state index in [1.165, 1.54) is 12.1 Å². The average molecular weight is 366 g/mol. The van der Waals surface area contributed by atoms with E-state index in [4.69, 9.17) is 0 Å². The van der Waals surface area contributed by atoms with Gasteiger partial charge in [0.05, 0.1) is 4.90 Å². The SMILES string of the molecule is O=C(CCc1ccc(S(=O)(=O)NC2CC2)cc1)NC1(C(=O)O)CCC1. The molecule has 2 fully saturated rings. The third-order valence-corrected chi connectivity index (χ3v) is 6.31. The number of aryl methyl sites for hydroxylation is 1. The summed E-state index contributed by atoms with van der Waals surface area (Å²) in [6.45, 7) is 0. The lowest BCUT2D eigenvalue weighted by molar-refractivity contribution is -0.151. The van der Waals surface area contributed by atoms with Crippen LogP contribution in [-0.4, -0.2) is 37.0 Å². The first-order chi connectivity index (χ1) is 11.8. The van der Waals surface area contributed by atoms with E-state index in [1.807, 2.05) is 0 Å². The molecule has 2 aliphatic carbocycles. The molecule has 0 aromatic heterocycles. The predicted molar refractivity (Wildman–Crippen MR) is 90.5 cm³/mol. The molecule has 1 aromatic rings. The first kappa shape index (κ1) is 17.9. The molecule has 1 amide bonds. The van der Waals surface area contributed by atoms with Crippen molar-refractivity contribution in [2.24, 2.45) is 0 Å². The second-order valence-corrected chi connectivity index (χ2v) is 8.54. The quantitative estimate of drug-likeness (QED) is 0.640. The number of carboxylic acids is 1. The number of sulfonamides is 1. The van der Waals surface area contributed by atoms with E-state index >= 15 is 0 Å². The van der Waals surface area contributed by atoms with Crippen LogP contribution in [0.3, 0.4) is 0 Å². The lowest BCUT2D eigenvalue weighted by atomic mass is 9.76. The molecule has 0 unspecified atom stereocenters. The van der Waals surface area contributed by atoms with Gasteiger partial charge in [0, 0.05) is 12.5 Å². The van der Waals surface area contributed by atoms with Gasteiger partial charge in [0.1, 0.15) is 5.54 Å². The second kappa shape index (κ2) is 6.76. The number of carboxylic acid groups (broad SMARTS) is 1. The average Bonchev–Trinajstić information content (AvgIpc) is 3.32. The first-order valence-corrected chi connectivity index (χ1v) is 9.95. The van der Waals surface area contributed by atoms with Crippen LogP contribution in [0.1, 0.15) is 44.1 Å². The van der Waals surface area contributed by atoms with Gasteiger partial charge in [0.15, 0.2) is 0 Å². The molecule has 25 heavy (non-hydrogen) atoms. The highest BCUT2D eigenvalue weighted by atomic mass is 32.2. The minimum absolute atomic E-state index is 0.0569. The Labute approximate surface area is 146 Å². The lowest BCUT2D eigenvalue weighted by Crippen LogP contribution is -2.59. The Balaban J connectivity index is 1.53. The Hall–Kier alpha value is -1.93. The molecule has 1 aromatic carbocycles. The number of carbonyl (C=O) groups is 2. The second-order valence-electron chi connectivity index (χ2n) is 6.83. The van der Waals surface area contributed by atoms with Gasteiger partial charge in [-0.15, -0.1) is 0 Å². The van der Waals surface area contributed by atoms with Gasteiger partial charge in [0.25, 0.3) is 0 Å². The molecule has 0 saturated heterocycles. The standard InChI is InChI=1S/C17H22N2O5S/c20-15(18-17(16(21)22)10-1-11-17)9-4-12-2-7-14(8-3-12)25(23,24)19-13-5-6-13/h2-3,7-8,13,19H,1,4-6,9-11H2,(H,18,20)(H,21,22). The summed E-state index contributed by atoms with van der Waals surface area (Å²) in [5, 5.41) is 11.8. The van der Waals surface area contributed by atoms with Gasteiger partial charge in [-0.3, -0.25) is 4.79 Å². The molecule has 0 heterocycles. The molecule has 0 spiro atoms. The van der Waals surface area contributed by atoms with E-state index in [1.54, 1.807) is 12.1 Å². The normalized spacial score (nSPS) is 19.0. The van der Waals surface area contributed by atoms with Gasteiger partial charge in [-0.1, -0.05) is 12.1 Å². The molecule has 3 rings (SSSR count). The number of nitrogens with one attached hydrogen (secondary N) is 2. The van der Waals surface area contributed by atoms with Crippen LogP contribution >= 0.6 is 0 Å². The summed E-state index contributed by atoms with van der Waals surface area (Å²) >= 11 is 0. The Morgan fingerprint density at radius 2 is 1.80 bits per heavy atom. The molecule has 0 aliphatic heterocycles. The fraction of sp³-hybridized carbons (Fsp3) is 0.529. The maximum atomic E-state index is 12.1. The third kappa shape index (κ3) is 4.19. The number of amides is 1. The summed E-state index contributed by atoms with van der Waals surface area (Å²) < 4.78 is 26.8. The Kier molecular flexibility index (Phi) is 4.83. The molecule has 136 valence electrons. The molecule has 2 aliphatic rings. The van der Waals surface area contributed by atoms with E-state index in [0.29, 0.717) is 19.3 Å². The van der Waals surface area contributed by atoms with E-state index in [9.17, 15) is 23.1 Å². The maximum Gasteiger partial charge on any atom is 0.329 e. The van der Waals surface area contributed by atoms with E-state index in [2.05, 4.69) is 10.0 Å². The summed E-state index contributed by atoms with van der Waals surface area (Å²) in [6.07, 6.45) is 4.09. The zero-order chi connectivity index (χ0) is 18.1. The molecule has 0 radical (unpaired) electrons. The minimum atomic E-state index is -3.47. The van der Waals surface area contributed by atoms with Gasteiger partial charge in [-0.2, -0.15) is 0 Å². The van der Waals surface area contributed by atoms with Crippen molar-refractivity contribution in [1.82, 2.24) is 10.0 Å². The zero-order valence-corrected chi connectivity index (χ0v) is 14.6. The molecule has 8 heteroatoms. The molecular weight excluding hydrogens is 344 g/mol. The summed E-state index contributed by atoms with van der Waals surface area (Å²) in [7, 11) is -3.47. The van der Waals surface area contributed by atoms with Crippen molar-refractivity contribution in [3.8, 4) is 0 Å². The van der Waals surface area contributed by atoms with Gasteiger partial charge < -0.3 is 10.4 Å². The van der Waals surface area contributed by atoms with Crippen molar-refractivity contribution in [2.45, 2.75) is 61.4 Å². The minimum Gasteiger partial charge on any atom is -0.480 e. The molecule has 3 N–H and O–H groups in total. The van der Waals surface area contributed by atoms with Crippen molar-refractivity contribution in [1.29, 1.82) is 0 Å². The fourth-order valence-electron chi connectivity index (χ4n) is 2.83. The van der Waals surface area contributed by atoms with Crippen LogP contribution < -0.4 is 10.0 Å². The third-order valence-electron chi connectivity index (χ3n) is 4.77. The number of benzene rings is 1. The molecule has 7 nitrogen and oxygen atoms in total. The van der Waals surface area contributed by atoms with Crippen LogP contribution in [0.4, 0.5) is 0 Å². The molecule has 2 saturated carbocycles. The largest absolute Gasteiger partial charge is 0.480 e. The highest BCUT2D eigenvalue weighted by molar-refractivity contribution is 7.89. The van der Waals surface area contributed by atoms with Crippen LogP contribution in [0.5, 0.6) is 0 Å². The number of hydrogen-bond acceptors (Lipinski definition) is 4. The summed E-state index contributed by atoms with van der Waals surface area (Å²) in [5.41, 5.74) is -0.262. The van der Waals surface area contributed by atoms with Crippen LogP contribution in [0.2, 0.25) is 0 Å². The van der Waals surface area contributed by atoms with Crippen molar-refractivity contribution in [2.75, 3.05) is 0 Å². The Bertz CT molecular complexity index is 765. The van der Waals surface area contributed by atoms with E-state index in [-0.39, 0.29) is 23.3 Å². The van der Waals surface area contributed by atoms with Crippen LogP contribution in [0.25, 0.3) is 0 Å². The van der Waals surface area contributed by atoms with Gasteiger partial charge in [0.2, 0.25) is 15.9 Å². The van der Waals surface area contributed by atoms with Crippen molar-refractivity contribution in [3.05, 3.63) is 29.8 Å². The monoisotopic (exact) mass is 366 g/mol. The van der Waals surface area contributed by atoms with Gasteiger partial charge in [-0.25, -0.2) is 17.9 Å². The number of rotatable bonds is 8. The predicted octanol–water partition coefficient (Wildman–Crippen LogP) is 1.18. The van der Waals surface area contributed by atoms with E-state index < -0.39 is 21.5 Å². The van der Waals surface area contributed by atoms with Crippen molar-refractivity contribution < 1.29 is 23.1 Å². The first-order valence-electron chi connectivity index (χ1n) is 8.46. The molecular formula is C17H22N2O5S. The highest BCUT2D eigenvalue weighted by Gasteiger charge is 2.45. The van der Waals surface area contributed by atoms with Gasteiger partial charge in [-0.05, 0) is 56.2 Å². The van der Waals surface area contributed by atoms with Crippen molar-refractivity contribution in [3.63, 3.8) is 0 Å². The Morgan fingerprint density at radius 1 is 1.16 bits per heavy atom.